The first-order chi connectivity index (χ1) is 9.95. The van der Waals surface area contributed by atoms with Crippen LogP contribution in [0.15, 0.2) is 4.42 Å². The molecule has 2 heterocycles. The Bertz CT molecular complexity index is 460. The van der Waals surface area contributed by atoms with Gasteiger partial charge in [-0.3, -0.25) is 9.69 Å². The molecule has 1 aliphatic heterocycles. The molecule has 0 radical (unpaired) electrons. The van der Waals surface area contributed by atoms with Gasteiger partial charge in [-0.1, -0.05) is 0 Å². The van der Waals surface area contributed by atoms with Gasteiger partial charge in [-0.15, -0.1) is 11.6 Å². The van der Waals surface area contributed by atoms with Crippen LogP contribution in [0.25, 0.3) is 0 Å². The van der Waals surface area contributed by atoms with Crippen LogP contribution in [0.3, 0.4) is 0 Å². The molecule has 1 saturated heterocycles. The fourth-order valence-electron chi connectivity index (χ4n) is 2.53. The maximum absolute atomic E-state index is 11.5. The Labute approximate surface area is 131 Å². The summed E-state index contributed by atoms with van der Waals surface area (Å²) in [6, 6.07) is 0. The largest absolute Gasteiger partial charge is 0.444 e. The molecule has 1 unspecified atom stereocenters. The Morgan fingerprint density at radius 1 is 1.48 bits per heavy atom. The molecule has 5 nitrogen and oxygen atoms in total. The molecule has 2 rings (SSSR count). The first kappa shape index (κ1) is 16.3. The van der Waals surface area contributed by atoms with Gasteiger partial charge in [-0.05, 0) is 52.6 Å². The highest BCUT2D eigenvalue weighted by Crippen LogP contribution is 2.19. The van der Waals surface area contributed by atoms with Gasteiger partial charge in [0.25, 0.3) is 0 Å². The van der Waals surface area contributed by atoms with E-state index in [1.165, 1.54) is 0 Å². The lowest BCUT2D eigenvalue weighted by Gasteiger charge is -2.31. The lowest BCUT2D eigenvalue weighted by molar-refractivity contribution is -0.120. The first-order valence-electron chi connectivity index (χ1n) is 7.52. The smallest absolute Gasteiger partial charge is 0.237 e. The number of carbonyl (C=O) groups is 1. The number of nitrogens with one attached hydrogen (secondary N) is 1. The van der Waals surface area contributed by atoms with E-state index in [4.69, 9.17) is 16.0 Å². The number of hydrogen-bond donors (Lipinski definition) is 1. The van der Waals surface area contributed by atoms with Gasteiger partial charge in [-0.2, -0.15) is 0 Å². The lowest BCUT2D eigenvalue weighted by Crippen LogP contribution is -2.39. The number of hydrogen-bond acceptors (Lipinski definition) is 4. The summed E-state index contributed by atoms with van der Waals surface area (Å²) in [6.07, 6.45) is 2.16. The van der Waals surface area contributed by atoms with Gasteiger partial charge in [0.1, 0.15) is 11.1 Å². The predicted molar refractivity (Wildman–Crippen MR) is 82.3 cm³/mol. The molecule has 1 aliphatic rings. The Morgan fingerprint density at radius 2 is 2.14 bits per heavy atom. The quantitative estimate of drug-likeness (QED) is 0.847. The van der Waals surface area contributed by atoms with Crippen molar-refractivity contribution in [1.82, 2.24) is 15.2 Å². The van der Waals surface area contributed by atoms with E-state index in [1.807, 2.05) is 13.8 Å². The van der Waals surface area contributed by atoms with Crippen molar-refractivity contribution in [2.45, 2.75) is 45.5 Å². The van der Waals surface area contributed by atoms with Crippen molar-refractivity contribution >= 4 is 17.5 Å². The molecule has 118 valence electrons. The third-order valence-corrected chi connectivity index (χ3v) is 4.26. The maximum Gasteiger partial charge on any atom is 0.237 e. The summed E-state index contributed by atoms with van der Waals surface area (Å²) in [5.41, 5.74) is 0.970. The maximum atomic E-state index is 11.5. The molecule has 0 aliphatic carbocycles. The second kappa shape index (κ2) is 7.27. The lowest BCUT2D eigenvalue weighted by atomic mass is 9.97. The second-order valence-electron chi connectivity index (χ2n) is 5.83. The summed E-state index contributed by atoms with van der Waals surface area (Å²) in [6.45, 7) is 9.12. The van der Waals surface area contributed by atoms with Crippen molar-refractivity contribution in [2.75, 3.05) is 19.6 Å². The Kier molecular flexibility index (Phi) is 5.65. The van der Waals surface area contributed by atoms with Gasteiger partial charge in [0.15, 0.2) is 0 Å². The molecule has 1 aromatic rings. The summed E-state index contributed by atoms with van der Waals surface area (Å²) in [5, 5.41) is 2.45. The Hall–Kier alpha value is -1.07. The van der Waals surface area contributed by atoms with Crippen LogP contribution in [0.5, 0.6) is 0 Å². The zero-order valence-electron chi connectivity index (χ0n) is 13.0. The number of aryl methyl sites for hydroxylation is 2. The molecule has 1 amide bonds. The fraction of sp³-hybridized carbons (Fsp3) is 0.733. The topological polar surface area (TPSA) is 58.4 Å². The minimum absolute atomic E-state index is 0.0789. The van der Waals surface area contributed by atoms with Gasteiger partial charge in [0, 0.05) is 6.54 Å². The van der Waals surface area contributed by atoms with E-state index in [-0.39, 0.29) is 5.91 Å². The number of oxazole rings is 1. The highest BCUT2D eigenvalue weighted by molar-refractivity contribution is 6.30. The van der Waals surface area contributed by atoms with Crippen molar-refractivity contribution in [3.05, 3.63) is 17.3 Å². The predicted octanol–water partition coefficient (Wildman–Crippen LogP) is 2.25. The molecule has 21 heavy (non-hydrogen) atoms. The van der Waals surface area contributed by atoms with E-state index < -0.39 is 5.38 Å². The summed E-state index contributed by atoms with van der Waals surface area (Å²) >= 11 is 5.74. The summed E-state index contributed by atoms with van der Waals surface area (Å²) in [4.78, 5) is 18.2. The standard InChI is InChI=1S/C15H24ClN3O2/c1-10(16)15(20)17-8-13-4-6-19(7-5-13)9-14-18-11(2)12(3)21-14/h10,13H,4-9H2,1-3H3,(H,17,20). The molecule has 6 heteroatoms. The van der Waals surface area contributed by atoms with Crippen LogP contribution >= 0.6 is 11.6 Å². The van der Waals surface area contributed by atoms with Crippen LogP contribution in [-0.4, -0.2) is 40.8 Å². The zero-order valence-corrected chi connectivity index (χ0v) is 13.7. The molecule has 1 fully saturated rings. The van der Waals surface area contributed by atoms with Gasteiger partial charge in [0.05, 0.1) is 12.2 Å². The minimum atomic E-state index is -0.457. The monoisotopic (exact) mass is 313 g/mol. The van der Waals surface area contributed by atoms with E-state index in [0.29, 0.717) is 5.92 Å². The molecule has 1 aromatic heterocycles. The normalized spacial score (nSPS) is 18.7. The van der Waals surface area contributed by atoms with Crippen LogP contribution in [0.2, 0.25) is 0 Å². The zero-order chi connectivity index (χ0) is 15.4. The van der Waals surface area contributed by atoms with Crippen LogP contribution in [0.4, 0.5) is 0 Å². The van der Waals surface area contributed by atoms with E-state index in [9.17, 15) is 4.79 Å². The van der Waals surface area contributed by atoms with Gasteiger partial charge < -0.3 is 9.73 Å². The number of nitrogens with zero attached hydrogens (tertiary/aromatic N) is 2. The molecular weight excluding hydrogens is 290 g/mol. The Balaban J connectivity index is 1.72. The number of carbonyl (C=O) groups excluding carboxylic acids is 1. The fourth-order valence-corrected chi connectivity index (χ4v) is 2.61. The molecule has 1 atom stereocenters. The van der Waals surface area contributed by atoms with E-state index >= 15 is 0 Å². The number of halogens is 1. The van der Waals surface area contributed by atoms with Gasteiger partial charge in [0.2, 0.25) is 11.8 Å². The average Bonchev–Trinajstić information content (AvgIpc) is 2.76. The van der Waals surface area contributed by atoms with Crippen molar-refractivity contribution in [2.24, 2.45) is 5.92 Å². The van der Waals surface area contributed by atoms with Crippen molar-refractivity contribution in [3.8, 4) is 0 Å². The number of rotatable bonds is 5. The Morgan fingerprint density at radius 3 is 2.67 bits per heavy atom. The molecule has 0 saturated carbocycles. The van der Waals surface area contributed by atoms with Crippen LogP contribution in [0, 0.1) is 19.8 Å². The van der Waals surface area contributed by atoms with E-state index in [0.717, 1.165) is 56.4 Å². The van der Waals surface area contributed by atoms with Crippen LogP contribution in [-0.2, 0) is 11.3 Å². The molecule has 1 N–H and O–H groups in total. The highest BCUT2D eigenvalue weighted by atomic mass is 35.5. The molecule has 0 aromatic carbocycles. The van der Waals surface area contributed by atoms with Crippen molar-refractivity contribution in [1.29, 1.82) is 0 Å². The SMILES string of the molecule is Cc1nc(CN2CCC(CNC(=O)C(C)Cl)CC2)oc1C. The number of amides is 1. The molecular formula is C15H24ClN3O2. The summed E-state index contributed by atoms with van der Waals surface area (Å²) in [7, 11) is 0. The number of piperidine rings is 1. The number of alkyl halides is 1. The minimum Gasteiger partial charge on any atom is -0.444 e. The number of aromatic nitrogens is 1. The van der Waals surface area contributed by atoms with E-state index in [1.54, 1.807) is 6.92 Å². The molecule has 0 spiro atoms. The summed E-state index contributed by atoms with van der Waals surface area (Å²) in [5.74, 6) is 2.16. The van der Waals surface area contributed by atoms with Crippen molar-refractivity contribution < 1.29 is 9.21 Å². The van der Waals surface area contributed by atoms with Crippen molar-refractivity contribution in [3.63, 3.8) is 0 Å². The highest BCUT2D eigenvalue weighted by Gasteiger charge is 2.21. The average molecular weight is 314 g/mol. The number of likely N-dealkylation sites (tertiary alicyclic amines) is 1. The second-order valence-corrected chi connectivity index (χ2v) is 6.48. The molecule has 0 bridgehead atoms. The van der Waals surface area contributed by atoms with Gasteiger partial charge >= 0.3 is 0 Å². The van der Waals surface area contributed by atoms with E-state index in [2.05, 4.69) is 15.2 Å². The van der Waals surface area contributed by atoms with Gasteiger partial charge in [-0.25, -0.2) is 4.98 Å². The third kappa shape index (κ3) is 4.71. The van der Waals surface area contributed by atoms with Crippen LogP contribution in [0.1, 0.15) is 37.1 Å². The first-order valence-corrected chi connectivity index (χ1v) is 7.96. The third-order valence-electron chi connectivity index (χ3n) is 4.07. The van der Waals surface area contributed by atoms with Crippen LogP contribution < -0.4 is 5.32 Å². The summed E-state index contributed by atoms with van der Waals surface area (Å²) < 4.78 is 5.62.